The summed E-state index contributed by atoms with van der Waals surface area (Å²) in [5.41, 5.74) is 1.92. The van der Waals surface area contributed by atoms with Crippen LogP contribution >= 0.6 is 23.2 Å². The number of hydrogen-bond donors (Lipinski definition) is 1. The lowest BCUT2D eigenvalue weighted by Crippen LogP contribution is -2.22. The first-order valence-corrected chi connectivity index (χ1v) is 7.13. The molecule has 1 aromatic carbocycles. The summed E-state index contributed by atoms with van der Waals surface area (Å²) in [4.78, 5) is 0. The summed E-state index contributed by atoms with van der Waals surface area (Å²) in [6.07, 6.45) is 1.73. The average Bonchev–Trinajstić information content (AvgIpc) is 2.85. The van der Waals surface area contributed by atoms with Crippen molar-refractivity contribution in [1.82, 2.24) is 5.32 Å². The summed E-state index contributed by atoms with van der Waals surface area (Å²) in [5, 5.41) is 4.53. The molecule has 0 aliphatic rings. The highest BCUT2D eigenvalue weighted by Gasteiger charge is 2.20. The van der Waals surface area contributed by atoms with Gasteiger partial charge < -0.3 is 14.5 Å². The van der Waals surface area contributed by atoms with E-state index in [1.807, 2.05) is 26.0 Å². The minimum atomic E-state index is -0.0617. The van der Waals surface area contributed by atoms with Crippen molar-refractivity contribution < 1.29 is 9.15 Å². The topological polar surface area (TPSA) is 34.4 Å². The summed E-state index contributed by atoms with van der Waals surface area (Å²) in [5.74, 6) is 1.43. The summed E-state index contributed by atoms with van der Waals surface area (Å²) >= 11 is 12.6. The quantitative estimate of drug-likeness (QED) is 0.875. The molecule has 2 aromatic rings. The fourth-order valence-corrected chi connectivity index (χ4v) is 2.66. The van der Waals surface area contributed by atoms with Crippen molar-refractivity contribution in [2.45, 2.75) is 19.9 Å². The molecule has 5 heteroatoms. The van der Waals surface area contributed by atoms with Gasteiger partial charge in [0, 0.05) is 16.7 Å². The highest BCUT2D eigenvalue weighted by molar-refractivity contribution is 6.34. The highest BCUT2D eigenvalue weighted by atomic mass is 35.5. The molecule has 1 N–H and O–H groups in total. The van der Waals surface area contributed by atoms with Crippen LogP contribution in [-0.2, 0) is 0 Å². The molecule has 0 aliphatic carbocycles. The van der Waals surface area contributed by atoms with Crippen molar-refractivity contribution in [3.63, 3.8) is 0 Å². The van der Waals surface area contributed by atoms with Crippen LogP contribution in [0.2, 0.25) is 10.0 Å². The van der Waals surface area contributed by atoms with Gasteiger partial charge in [0.15, 0.2) is 0 Å². The molecule has 1 aromatic heterocycles. The van der Waals surface area contributed by atoms with Gasteiger partial charge in [-0.2, -0.15) is 0 Å². The number of aryl methyl sites for hydroxylation is 1. The number of rotatable bonds is 5. The molecule has 0 amide bonds. The molecule has 0 radical (unpaired) electrons. The molecule has 1 unspecified atom stereocenters. The molecule has 3 nitrogen and oxygen atoms in total. The summed E-state index contributed by atoms with van der Waals surface area (Å²) in [6.45, 7) is 4.75. The van der Waals surface area contributed by atoms with Crippen LogP contribution in [0.3, 0.4) is 0 Å². The number of halogens is 2. The highest BCUT2D eigenvalue weighted by Crippen LogP contribution is 2.36. The maximum absolute atomic E-state index is 6.36. The first-order chi connectivity index (χ1) is 9.56. The molecule has 20 heavy (non-hydrogen) atoms. The molecule has 1 atom stereocenters. The number of nitrogens with one attached hydrogen (secondary N) is 1. The molecule has 0 saturated heterocycles. The maximum atomic E-state index is 6.36. The molecule has 108 valence electrons. The third kappa shape index (κ3) is 3.11. The van der Waals surface area contributed by atoms with Gasteiger partial charge in [-0.25, -0.2) is 0 Å². The minimum absolute atomic E-state index is 0.0617. The number of ether oxygens (including phenoxy) is 1. The molecule has 0 saturated carbocycles. The second kappa shape index (κ2) is 6.53. The van der Waals surface area contributed by atoms with Crippen LogP contribution in [-0.4, -0.2) is 13.7 Å². The van der Waals surface area contributed by atoms with E-state index in [-0.39, 0.29) is 6.04 Å². The number of methoxy groups -OCH3 is 1. The third-order valence-corrected chi connectivity index (χ3v) is 3.70. The lowest BCUT2D eigenvalue weighted by molar-refractivity contribution is 0.414. The van der Waals surface area contributed by atoms with Crippen LogP contribution in [0, 0.1) is 6.92 Å². The van der Waals surface area contributed by atoms with Gasteiger partial charge in [0.1, 0.15) is 11.5 Å². The zero-order valence-electron chi connectivity index (χ0n) is 11.7. The lowest BCUT2D eigenvalue weighted by Gasteiger charge is -2.19. The molecule has 0 spiro atoms. The van der Waals surface area contributed by atoms with Gasteiger partial charge >= 0.3 is 0 Å². The normalized spacial score (nSPS) is 12.4. The van der Waals surface area contributed by atoms with Gasteiger partial charge in [0.05, 0.1) is 24.4 Å². The van der Waals surface area contributed by atoms with E-state index in [0.29, 0.717) is 15.8 Å². The van der Waals surface area contributed by atoms with E-state index in [2.05, 4.69) is 5.32 Å². The number of hydrogen-bond acceptors (Lipinski definition) is 3. The second-order valence-corrected chi connectivity index (χ2v) is 5.30. The van der Waals surface area contributed by atoms with Gasteiger partial charge in [-0.15, -0.1) is 0 Å². The average molecular weight is 314 g/mol. The molecule has 0 fully saturated rings. The van der Waals surface area contributed by atoms with Crippen LogP contribution < -0.4 is 10.1 Å². The van der Waals surface area contributed by atoms with Crippen molar-refractivity contribution in [3.8, 4) is 5.75 Å². The van der Waals surface area contributed by atoms with Gasteiger partial charge in [-0.05, 0) is 31.2 Å². The summed E-state index contributed by atoms with van der Waals surface area (Å²) in [6, 6.07) is 5.49. The van der Waals surface area contributed by atoms with Crippen molar-refractivity contribution >= 4 is 23.2 Å². The Morgan fingerprint density at radius 3 is 2.55 bits per heavy atom. The van der Waals surface area contributed by atoms with Crippen LogP contribution in [0.25, 0.3) is 0 Å². The molecular weight excluding hydrogens is 297 g/mol. The second-order valence-electron chi connectivity index (χ2n) is 4.49. The largest absolute Gasteiger partial charge is 0.495 e. The predicted octanol–water partition coefficient (Wildman–Crippen LogP) is 4.60. The molecule has 0 bridgehead atoms. The Balaban J connectivity index is 2.46. The van der Waals surface area contributed by atoms with E-state index in [1.165, 1.54) is 0 Å². The van der Waals surface area contributed by atoms with Gasteiger partial charge in [0.2, 0.25) is 0 Å². The Morgan fingerprint density at radius 1 is 1.25 bits per heavy atom. The third-order valence-electron chi connectivity index (χ3n) is 3.07. The van der Waals surface area contributed by atoms with Crippen LogP contribution in [0.5, 0.6) is 5.75 Å². The number of furan rings is 1. The predicted molar refractivity (Wildman–Crippen MR) is 82.0 cm³/mol. The summed E-state index contributed by atoms with van der Waals surface area (Å²) in [7, 11) is 1.57. The fraction of sp³-hybridized carbons (Fsp3) is 0.333. The Labute approximate surface area is 128 Å². The number of benzene rings is 1. The Morgan fingerprint density at radius 2 is 2.00 bits per heavy atom. The van der Waals surface area contributed by atoms with E-state index in [0.717, 1.165) is 23.4 Å². The molecule has 1 heterocycles. The fourth-order valence-electron chi connectivity index (χ4n) is 2.15. The maximum Gasteiger partial charge on any atom is 0.138 e. The van der Waals surface area contributed by atoms with E-state index in [4.69, 9.17) is 32.4 Å². The van der Waals surface area contributed by atoms with Gasteiger partial charge in [-0.1, -0.05) is 30.1 Å². The zero-order valence-corrected chi connectivity index (χ0v) is 13.2. The first-order valence-electron chi connectivity index (χ1n) is 6.38. The first kappa shape index (κ1) is 15.2. The Kier molecular flexibility index (Phi) is 4.97. The van der Waals surface area contributed by atoms with E-state index >= 15 is 0 Å². The van der Waals surface area contributed by atoms with Crippen LogP contribution in [0.15, 0.2) is 28.9 Å². The summed E-state index contributed by atoms with van der Waals surface area (Å²) < 4.78 is 10.6. The van der Waals surface area contributed by atoms with Crippen molar-refractivity contribution in [3.05, 3.63) is 51.4 Å². The minimum Gasteiger partial charge on any atom is -0.495 e. The van der Waals surface area contributed by atoms with Crippen LogP contribution in [0.1, 0.15) is 29.9 Å². The van der Waals surface area contributed by atoms with Gasteiger partial charge in [0.25, 0.3) is 0 Å². The monoisotopic (exact) mass is 313 g/mol. The molecular formula is C15H17Cl2NO2. The molecule has 0 aliphatic heterocycles. The molecule has 2 rings (SSSR count). The Hall–Kier alpha value is -1.16. The van der Waals surface area contributed by atoms with E-state index in [1.54, 1.807) is 19.4 Å². The van der Waals surface area contributed by atoms with Crippen molar-refractivity contribution in [2.75, 3.05) is 13.7 Å². The van der Waals surface area contributed by atoms with E-state index in [9.17, 15) is 0 Å². The zero-order chi connectivity index (χ0) is 14.7. The van der Waals surface area contributed by atoms with E-state index < -0.39 is 0 Å². The van der Waals surface area contributed by atoms with Crippen LogP contribution in [0.4, 0.5) is 0 Å². The lowest BCUT2D eigenvalue weighted by atomic mass is 10.0. The standard InChI is InChI=1S/C15H17Cl2NO2/c1-4-18-15(10-5-9(2)20-8-10)11-6-13(17)14(19-3)7-12(11)16/h5-8,15,18H,4H2,1-3H3. The Bertz CT molecular complexity index is 596. The van der Waals surface area contributed by atoms with Crippen molar-refractivity contribution in [1.29, 1.82) is 0 Å². The van der Waals surface area contributed by atoms with Crippen molar-refractivity contribution in [2.24, 2.45) is 0 Å². The smallest absolute Gasteiger partial charge is 0.138 e. The SMILES string of the molecule is CCNC(c1coc(C)c1)c1cc(Cl)c(OC)cc1Cl. The van der Waals surface area contributed by atoms with Gasteiger partial charge in [-0.3, -0.25) is 0 Å².